The van der Waals surface area contributed by atoms with E-state index in [0.29, 0.717) is 30.3 Å². The highest BCUT2D eigenvalue weighted by atomic mass is 16.5. The van der Waals surface area contributed by atoms with Gasteiger partial charge in [0.25, 0.3) is 0 Å². The van der Waals surface area contributed by atoms with Crippen LogP contribution < -0.4 is 0 Å². The molecule has 162 valence electrons. The van der Waals surface area contributed by atoms with E-state index < -0.39 is 0 Å². The summed E-state index contributed by atoms with van der Waals surface area (Å²) in [5.41, 5.74) is 0.962. The van der Waals surface area contributed by atoms with Gasteiger partial charge in [-0.15, -0.1) is 0 Å². The second-order valence-corrected chi connectivity index (χ2v) is 8.26. The predicted octanol–water partition coefficient (Wildman–Crippen LogP) is 6.72. The van der Waals surface area contributed by atoms with Crippen molar-refractivity contribution in [3.8, 4) is 0 Å². The van der Waals surface area contributed by atoms with Crippen LogP contribution in [0.4, 0.5) is 0 Å². The highest BCUT2D eigenvalue weighted by Crippen LogP contribution is 2.26. The molecule has 0 amide bonds. The third-order valence-corrected chi connectivity index (χ3v) is 5.82. The summed E-state index contributed by atoms with van der Waals surface area (Å²) in [7, 11) is 0. The first-order chi connectivity index (χ1) is 14.2. The van der Waals surface area contributed by atoms with Crippen LogP contribution in [-0.4, -0.2) is 25.2 Å². The zero-order valence-electron chi connectivity index (χ0n) is 18.1. The average Bonchev–Trinajstić information content (AvgIpc) is 2.76. The molecule has 0 heterocycles. The maximum absolute atomic E-state index is 12.2. The van der Waals surface area contributed by atoms with E-state index in [1.54, 1.807) is 24.3 Å². The third-order valence-electron chi connectivity index (χ3n) is 5.82. The summed E-state index contributed by atoms with van der Waals surface area (Å²) in [6.07, 6.45) is 15.7. The Balaban J connectivity index is 1.61. The highest BCUT2D eigenvalue weighted by Gasteiger charge is 2.15. The molecule has 0 aliphatic heterocycles. The van der Waals surface area contributed by atoms with Gasteiger partial charge in [0, 0.05) is 0 Å². The molecule has 4 nitrogen and oxygen atoms in total. The van der Waals surface area contributed by atoms with Crippen LogP contribution in [0.15, 0.2) is 24.3 Å². The van der Waals surface area contributed by atoms with Gasteiger partial charge in [0.05, 0.1) is 24.3 Å². The highest BCUT2D eigenvalue weighted by molar-refractivity contribution is 5.93. The van der Waals surface area contributed by atoms with Crippen molar-refractivity contribution in [3.63, 3.8) is 0 Å². The topological polar surface area (TPSA) is 52.6 Å². The number of benzene rings is 1. The van der Waals surface area contributed by atoms with Crippen LogP contribution in [0.25, 0.3) is 0 Å². The largest absolute Gasteiger partial charge is 0.462 e. The number of unbranched alkanes of at least 4 members (excludes halogenated alkanes) is 6. The first kappa shape index (κ1) is 23.4. The zero-order valence-corrected chi connectivity index (χ0v) is 18.1. The van der Waals surface area contributed by atoms with Crippen molar-refractivity contribution in [2.75, 3.05) is 13.2 Å². The van der Waals surface area contributed by atoms with Crippen molar-refractivity contribution < 1.29 is 19.1 Å². The zero-order chi connectivity index (χ0) is 20.7. The fourth-order valence-corrected chi connectivity index (χ4v) is 3.93. The standard InChI is InChI=1S/C25H38O4/c1-2-3-4-5-6-7-11-19-28-24(26)22-14-16-23(17-15-22)25(27)29-20-18-21-12-9-8-10-13-21/h14-17,21H,2-13,18-20H2,1H3. The first-order valence-electron chi connectivity index (χ1n) is 11.6. The minimum absolute atomic E-state index is 0.316. The van der Waals surface area contributed by atoms with Crippen molar-refractivity contribution in [3.05, 3.63) is 35.4 Å². The molecule has 29 heavy (non-hydrogen) atoms. The van der Waals surface area contributed by atoms with Crippen molar-refractivity contribution in [1.82, 2.24) is 0 Å². The van der Waals surface area contributed by atoms with E-state index in [-0.39, 0.29) is 11.9 Å². The molecule has 1 aliphatic rings. The summed E-state index contributed by atoms with van der Waals surface area (Å²) in [6.45, 7) is 3.15. The minimum Gasteiger partial charge on any atom is -0.462 e. The summed E-state index contributed by atoms with van der Waals surface area (Å²) < 4.78 is 10.7. The fraction of sp³-hybridized carbons (Fsp3) is 0.680. The summed E-state index contributed by atoms with van der Waals surface area (Å²) in [5, 5.41) is 0. The molecule has 0 spiro atoms. The maximum Gasteiger partial charge on any atom is 0.338 e. The Kier molecular flexibility index (Phi) is 11.5. The van der Waals surface area contributed by atoms with Gasteiger partial charge in [-0.05, 0) is 43.0 Å². The van der Waals surface area contributed by atoms with Gasteiger partial charge < -0.3 is 9.47 Å². The molecule has 0 atom stereocenters. The van der Waals surface area contributed by atoms with Gasteiger partial charge in [0.1, 0.15) is 0 Å². The SMILES string of the molecule is CCCCCCCCCOC(=O)c1ccc(C(=O)OCCC2CCCCC2)cc1. The lowest BCUT2D eigenvalue weighted by molar-refractivity contribution is 0.0467. The molecule has 0 radical (unpaired) electrons. The lowest BCUT2D eigenvalue weighted by Gasteiger charge is -2.21. The van der Waals surface area contributed by atoms with Crippen molar-refractivity contribution in [2.45, 2.75) is 90.4 Å². The van der Waals surface area contributed by atoms with E-state index in [2.05, 4.69) is 6.92 Å². The fourth-order valence-electron chi connectivity index (χ4n) is 3.93. The Morgan fingerprint density at radius 3 is 1.86 bits per heavy atom. The molecule has 1 aromatic carbocycles. The molecule has 1 aliphatic carbocycles. The Hall–Kier alpha value is -1.84. The molecule has 1 saturated carbocycles. The Morgan fingerprint density at radius 1 is 0.759 bits per heavy atom. The summed E-state index contributed by atoms with van der Waals surface area (Å²) >= 11 is 0. The second kappa shape index (κ2) is 14.2. The maximum atomic E-state index is 12.2. The summed E-state index contributed by atoms with van der Waals surface area (Å²) in [5.74, 6) is 0.0574. The van der Waals surface area contributed by atoms with Gasteiger partial charge in [-0.1, -0.05) is 77.6 Å². The molecule has 0 N–H and O–H groups in total. The summed E-state index contributed by atoms with van der Waals surface area (Å²) in [4.78, 5) is 24.3. The lowest BCUT2D eigenvalue weighted by Crippen LogP contribution is -2.13. The molecule has 0 unspecified atom stereocenters. The molecule has 4 heteroatoms. The Labute approximate surface area is 176 Å². The van der Waals surface area contributed by atoms with E-state index in [4.69, 9.17) is 9.47 Å². The Morgan fingerprint density at radius 2 is 1.28 bits per heavy atom. The first-order valence-corrected chi connectivity index (χ1v) is 11.6. The van der Waals surface area contributed by atoms with E-state index >= 15 is 0 Å². The van der Waals surface area contributed by atoms with Gasteiger partial charge in [0.2, 0.25) is 0 Å². The number of carbonyl (C=O) groups excluding carboxylic acids is 2. The van der Waals surface area contributed by atoms with Crippen LogP contribution >= 0.6 is 0 Å². The number of ether oxygens (including phenoxy) is 2. The monoisotopic (exact) mass is 402 g/mol. The molecule has 0 aromatic heterocycles. The Bertz CT molecular complexity index is 587. The normalized spacial score (nSPS) is 14.5. The van der Waals surface area contributed by atoms with Crippen LogP contribution in [0, 0.1) is 5.92 Å². The molecular formula is C25H38O4. The van der Waals surface area contributed by atoms with Crippen LogP contribution in [-0.2, 0) is 9.47 Å². The van der Waals surface area contributed by atoms with Crippen molar-refractivity contribution in [2.24, 2.45) is 5.92 Å². The van der Waals surface area contributed by atoms with Crippen LogP contribution in [0.5, 0.6) is 0 Å². The summed E-state index contributed by atoms with van der Waals surface area (Å²) in [6, 6.07) is 6.58. The number of rotatable bonds is 13. The minimum atomic E-state index is -0.326. The molecule has 0 bridgehead atoms. The molecule has 2 rings (SSSR count). The predicted molar refractivity (Wildman–Crippen MR) is 116 cm³/mol. The van der Waals surface area contributed by atoms with Gasteiger partial charge in [-0.25, -0.2) is 9.59 Å². The van der Waals surface area contributed by atoms with Crippen LogP contribution in [0.2, 0.25) is 0 Å². The van der Waals surface area contributed by atoms with Crippen molar-refractivity contribution in [1.29, 1.82) is 0 Å². The van der Waals surface area contributed by atoms with Crippen LogP contribution in [0.1, 0.15) is 111 Å². The number of esters is 2. The molecule has 1 aromatic rings. The molecular weight excluding hydrogens is 364 g/mol. The molecule has 1 fully saturated rings. The number of carbonyl (C=O) groups is 2. The van der Waals surface area contributed by atoms with Gasteiger partial charge in [-0.2, -0.15) is 0 Å². The van der Waals surface area contributed by atoms with E-state index in [9.17, 15) is 9.59 Å². The van der Waals surface area contributed by atoms with E-state index in [1.807, 2.05) is 0 Å². The number of hydrogen-bond donors (Lipinski definition) is 0. The van der Waals surface area contributed by atoms with E-state index in [0.717, 1.165) is 19.3 Å². The van der Waals surface area contributed by atoms with Gasteiger partial charge >= 0.3 is 11.9 Å². The van der Waals surface area contributed by atoms with Gasteiger partial charge in [0.15, 0.2) is 0 Å². The smallest absolute Gasteiger partial charge is 0.338 e. The average molecular weight is 403 g/mol. The van der Waals surface area contributed by atoms with Crippen LogP contribution in [0.3, 0.4) is 0 Å². The lowest BCUT2D eigenvalue weighted by atomic mass is 9.87. The quantitative estimate of drug-likeness (QED) is 0.271. The van der Waals surface area contributed by atoms with Crippen molar-refractivity contribution >= 4 is 11.9 Å². The molecule has 0 saturated heterocycles. The van der Waals surface area contributed by atoms with Gasteiger partial charge in [-0.3, -0.25) is 0 Å². The third kappa shape index (κ3) is 9.47. The van der Waals surface area contributed by atoms with E-state index in [1.165, 1.54) is 64.2 Å². The number of hydrogen-bond acceptors (Lipinski definition) is 4. The second-order valence-electron chi connectivity index (χ2n) is 8.26.